The number of nitrogens with zero attached hydrogens (tertiary/aromatic N) is 3. The van der Waals surface area contributed by atoms with Crippen molar-refractivity contribution in [2.24, 2.45) is 0 Å². The molecule has 2 aromatic rings. The van der Waals surface area contributed by atoms with Gasteiger partial charge in [0.05, 0.1) is 11.9 Å². The van der Waals surface area contributed by atoms with E-state index in [4.69, 9.17) is 4.52 Å². The molecule has 0 fully saturated rings. The molecular weight excluding hydrogens is 244 g/mol. The lowest BCUT2D eigenvalue weighted by Gasteiger charge is -2.10. The quantitative estimate of drug-likeness (QED) is 0.911. The Labute approximate surface area is 111 Å². The minimum atomic E-state index is -0.104. The summed E-state index contributed by atoms with van der Waals surface area (Å²) in [5.74, 6) is 1.16. The molecule has 0 aliphatic carbocycles. The molecule has 2 aromatic heterocycles. The van der Waals surface area contributed by atoms with Gasteiger partial charge >= 0.3 is 0 Å². The number of carbonyl (C=O) groups excluding carboxylic acids is 1. The molecular formula is C13H16N4O2. The van der Waals surface area contributed by atoms with Gasteiger partial charge in [-0.05, 0) is 19.8 Å². The second kappa shape index (κ2) is 5.60. The summed E-state index contributed by atoms with van der Waals surface area (Å²) in [5.41, 5.74) is 1.83. The molecule has 0 spiro atoms. The first kappa shape index (κ1) is 13.2. The van der Waals surface area contributed by atoms with Gasteiger partial charge in [-0.25, -0.2) is 4.98 Å². The molecule has 0 aromatic carbocycles. The average molecular weight is 260 g/mol. The fraction of sp³-hybridized carbons (Fsp3) is 0.385. The Morgan fingerprint density at radius 3 is 2.79 bits per heavy atom. The third kappa shape index (κ3) is 3.15. The van der Waals surface area contributed by atoms with Crippen molar-refractivity contribution in [2.45, 2.75) is 33.1 Å². The molecule has 0 saturated heterocycles. The maximum absolute atomic E-state index is 11.9. The van der Waals surface area contributed by atoms with E-state index in [2.05, 4.69) is 20.4 Å². The van der Waals surface area contributed by atoms with Gasteiger partial charge in [0, 0.05) is 24.4 Å². The molecule has 2 rings (SSSR count). The van der Waals surface area contributed by atoms with Crippen LogP contribution in [0.5, 0.6) is 0 Å². The second-order valence-electron chi connectivity index (χ2n) is 4.48. The van der Waals surface area contributed by atoms with Crippen molar-refractivity contribution < 1.29 is 9.32 Å². The monoisotopic (exact) mass is 260 g/mol. The van der Waals surface area contributed by atoms with Gasteiger partial charge in [-0.15, -0.1) is 0 Å². The van der Waals surface area contributed by atoms with Crippen molar-refractivity contribution in [1.82, 2.24) is 15.1 Å². The lowest BCUT2D eigenvalue weighted by molar-refractivity contribution is -0.116. The zero-order chi connectivity index (χ0) is 13.8. The predicted molar refractivity (Wildman–Crippen MR) is 69.7 cm³/mol. The van der Waals surface area contributed by atoms with Crippen LogP contribution in [0, 0.1) is 13.8 Å². The Balaban J connectivity index is 2.00. The summed E-state index contributed by atoms with van der Waals surface area (Å²) in [5, 5.41) is 6.61. The van der Waals surface area contributed by atoms with Crippen LogP contribution < -0.4 is 5.32 Å². The average Bonchev–Trinajstić information content (AvgIpc) is 2.70. The Morgan fingerprint density at radius 2 is 2.21 bits per heavy atom. The highest BCUT2D eigenvalue weighted by Crippen LogP contribution is 2.25. The van der Waals surface area contributed by atoms with Crippen LogP contribution in [0.15, 0.2) is 23.1 Å². The summed E-state index contributed by atoms with van der Waals surface area (Å²) in [6.45, 7) is 5.71. The second-order valence-corrected chi connectivity index (χ2v) is 4.48. The highest BCUT2D eigenvalue weighted by molar-refractivity contribution is 5.90. The van der Waals surface area contributed by atoms with E-state index in [1.54, 1.807) is 6.20 Å². The van der Waals surface area contributed by atoms with Crippen LogP contribution in [0.2, 0.25) is 0 Å². The summed E-state index contributed by atoms with van der Waals surface area (Å²) in [6.07, 6.45) is 4.95. The number of carbonyl (C=O) groups is 1. The number of aromatic nitrogens is 3. The Kier molecular flexibility index (Phi) is 3.89. The Hall–Kier alpha value is -2.24. The molecule has 0 radical (unpaired) electrons. The van der Waals surface area contributed by atoms with Crippen molar-refractivity contribution >= 4 is 11.7 Å². The molecule has 2 heterocycles. The van der Waals surface area contributed by atoms with Crippen LogP contribution in [0.1, 0.15) is 36.3 Å². The fourth-order valence-corrected chi connectivity index (χ4v) is 2.13. The zero-order valence-corrected chi connectivity index (χ0v) is 11.2. The summed E-state index contributed by atoms with van der Waals surface area (Å²) >= 11 is 0. The summed E-state index contributed by atoms with van der Waals surface area (Å²) in [7, 11) is 0. The molecule has 0 aliphatic rings. The van der Waals surface area contributed by atoms with Crippen molar-refractivity contribution in [3.63, 3.8) is 0 Å². The highest BCUT2D eigenvalue weighted by atomic mass is 16.5. The fourth-order valence-electron chi connectivity index (χ4n) is 2.13. The van der Waals surface area contributed by atoms with Crippen LogP contribution in [-0.2, 0) is 4.79 Å². The Morgan fingerprint density at radius 1 is 1.42 bits per heavy atom. The third-order valence-electron chi connectivity index (χ3n) is 2.90. The van der Waals surface area contributed by atoms with Gasteiger partial charge in [-0.2, -0.15) is 0 Å². The topological polar surface area (TPSA) is 80.9 Å². The van der Waals surface area contributed by atoms with Gasteiger partial charge in [0.2, 0.25) is 5.91 Å². The minimum Gasteiger partial charge on any atom is -0.361 e. The molecule has 19 heavy (non-hydrogen) atoms. The first-order valence-electron chi connectivity index (χ1n) is 6.06. The predicted octanol–water partition coefficient (Wildman–Crippen LogP) is 2.21. The number of nitrogens with one attached hydrogen (secondary N) is 1. The van der Waals surface area contributed by atoms with Gasteiger partial charge in [0.15, 0.2) is 5.82 Å². The maximum Gasteiger partial charge on any atom is 0.226 e. The van der Waals surface area contributed by atoms with Gasteiger partial charge in [0.1, 0.15) is 5.76 Å². The van der Waals surface area contributed by atoms with Crippen LogP contribution in [0.25, 0.3) is 0 Å². The standard InChI is InChI=1S/C13H16N4O2/c1-8(13-9(2)17-19-10(13)3)6-12(18)16-11-7-14-4-5-15-11/h4-5,7-8H,6H2,1-3H3,(H,15,16,18). The van der Waals surface area contributed by atoms with Crippen LogP contribution in [-0.4, -0.2) is 21.0 Å². The molecule has 0 bridgehead atoms. The number of aryl methyl sites for hydroxylation is 2. The van der Waals surface area contributed by atoms with E-state index in [0.29, 0.717) is 12.2 Å². The Bertz CT molecular complexity index is 546. The molecule has 6 heteroatoms. The van der Waals surface area contributed by atoms with Crippen LogP contribution in [0.4, 0.5) is 5.82 Å². The molecule has 1 atom stereocenters. The lowest BCUT2D eigenvalue weighted by Crippen LogP contribution is -2.15. The van der Waals surface area contributed by atoms with Crippen molar-refractivity contribution in [2.75, 3.05) is 5.32 Å². The van der Waals surface area contributed by atoms with Crippen molar-refractivity contribution in [1.29, 1.82) is 0 Å². The smallest absolute Gasteiger partial charge is 0.226 e. The summed E-state index contributed by atoms with van der Waals surface area (Å²) in [4.78, 5) is 19.8. The molecule has 1 amide bonds. The molecule has 100 valence electrons. The van der Waals surface area contributed by atoms with E-state index in [0.717, 1.165) is 17.0 Å². The number of anilines is 1. The van der Waals surface area contributed by atoms with Crippen molar-refractivity contribution in [3.05, 3.63) is 35.6 Å². The van der Waals surface area contributed by atoms with E-state index >= 15 is 0 Å². The van der Waals surface area contributed by atoms with Crippen molar-refractivity contribution in [3.8, 4) is 0 Å². The van der Waals surface area contributed by atoms with Crippen LogP contribution >= 0.6 is 0 Å². The molecule has 1 N–H and O–H groups in total. The first-order valence-corrected chi connectivity index (χ1v) is 6.06. The van der Waals surface area contributed by atoms with Gasteiger partial charge in [-0.1, -0.05) is 12.1 Å². The van der Waals surface area contributed by atoms with E-state index in [1.165, 1.54) is 12.4 Å². The van der Waals surface area contributed by atoms with Gasteiger partial charge in [0.25, 0.3) is 0 Å². The number of rotatable bonds is 4. The number of hydrogen-bond donors (Lipinski definition) is 1. The van der Waals surface area contributed by atoms with E-state index in [-0.39, 0.29) is 11.8 Å². The van der Waals surface area contributed by atoms with E-state index in [9.17, 15) is 4.79 Å². The zero-order valence-electron chi connectivity index (χ0n) is 11.2. The van der Waals surface area contributed by atoms with Crippen LogP contribution in [0.3, 0.4) is 0 Å². The lowest BCUT2D eigenvalue weighted by atomic mass is 9.96. The highest BCUT2D eigenvalue weighted by Gasteiger charge is 2.19. The molecule has 6 nitrogen and oxygen atoms in total. The summed E-state index contributed by atoms with van der Waals surface area (Å²) < 4.78 is 5.11. The molecule has 1 unspecified atom stereocenters. The maximum atomic E-state index is 11.9. The molecule has 0 saturated carbocycles. The SMILES string of the molecule is Cc1noc(C)c1C(C)CC(=O)Nc1cnccn1. The first-order chi connectivity index (χ1) is 9.08. The normalized spacial score (nSPS) is 12.2. The third-order valence-corrected chi connectivity index (χ3v) is 2.90. The molecule has 0 aliphatic heterocycles. The minimum absolute atomic E-state index is 0.0444. The van der Waals surface area contributed by atoms with Gasteiger partial charge < -0.3 is 9.84 Å². The van der Waals surface area contributed by atoms with E-state index < -0.39 is 0 Å². The summed E-state index contributed by atoms with van der Waals surface area (Å²) in [6, 6.07) is 0. The van der Waals surface area contributed by atoms with E-state index in [1.807, 2.05) is 20.8 Å². The number of hydrogen-bond acceptors (Lipinski definition) is 5. The van der Waals surface area contributed by atoms with Gasteiger partial charge in [-0.3, -0.25) is 9.78 Å². The largest absolute Gasteiger partial charge is 0.361 e. The number of amides is 1.